The van der Waals surface area contributed by atoms with Gasteiger partial charge in [-0.15, -0.1) is 0 Å². The van der Waals surface area contributed by atoms with Gasteiger partial charge in [-0.1, -0.05) is 36.4 Å². The van der Waals surface area contributed by atoms with Crippen LogP contribution in [-0.4, -0.2) is 55.5 Å². The van der Waals surface area contributed by atoms with E-state index in [1.54, 1.807) is 0 Å². The molecule has 1 spiro atoms. The number of morpholine rings is 1. The summed E-state index contributed by atoms with van der Waals surface area (Å²) in [7, 11) is 0. The Morgan fingerprint density at radius 2 is 1.75 bits per heavy atom. The minimum atomic E-state index is -0.225. The van der Waals surface area contributed by atoms with Gasteiger partial charge >= 0.3 is 0 Å². The maximum Gasteiger partial charge on any atom is 0.0678 e. The number of anilines is 1. The van der Waals surface area contributed by atoms with Crippen LogP contribution < -0.4 is 4.90 Å². The maximum atomic E-state index is 10.8. The largest absolute Gasteiger partial charge is 0.392 e. The van der Waals surface area contributed by atoms with E-state index in [0.29, 0.717) is 0 Å². The Hall–Kier alpha value is -1.88. The van der Waals surface area contributed by atoms with E-state index in [1.807, 2.05) is 0 Å². The lowest BCUT2D eigenvalue weighted by molar-refractivity contribution is 0.0414. The number of hydrogen-bond acceptors (Lipinski definition) is 4. The Morgan fingerprint density at radius 1 is 0.964 bits per heavy atom. The molecule has 4 nitrogen and oxygen atoms in total. The fourth-order valence-corrected chi connectivity index (χ4v) is 5.41. The molecule has 3 aliphatic rings. The van der Waals surface area contributed by atoms with Crippen molar-refractivity contribution in [3.8, 4) is 0 Å². The van der Waals surface area contributed by atoms with Gasteiger partial charge in [-0.2, -0.15) is 0 Å². The van der Waals surface area contributed by atoms with Gasteiger partial charge in [0.05, 0.1) is 19.3 Å². The average Bonchev–Trinajstić information content (AvgIpc) is 3.02. The monoisotopic (exact) mass is 378 g/mol. The second kappa shape index (κ2) is 7.51. The highest BCUT2D eigenvalue weighted by molar-refractivity contribution is 5.49. The molecule has 0 radical (unpaired) electrons. The van der Waals surface area contributed by atoms with Crippen molar-refractivity contribution in [3.05, 3.63) is 65.2 Å². The fraction of sp³-hybridized carbons (Fsp3) is 0.500. The van der Waals surface area contributed by atoms with E-state index in [4.69, 9.17) is 4.74 Å². The number of fused-ring (bicyclic) bond motifs is 2. The number of benzene rings is 2. The zero-order chi connectivity index (χ0) is 19.0. The number of nitrogens with zero attached hydrogens (tertiary/aromatic N) is 2. The fourth-order valence-electron chi connectivity index (χ4n) is 5.41. The lowest BCUT2D eigenvalue weighted by atomic mass is 9.72. The van der Waals surface area contributed by atoms with Crippen molar-refractivity contribution >= 4 is 5.69 Å². The Bertz CT molecular complexity index is 823. The van der Waals surface area contributed by atoms with Crippen molar-refractivity contribution in [1.29, 1.82) is 0 Å². The predicted octanol–water partition coefficient (Wildman–Crippen LogP) is 2.97. The number of likely N-dealkylation sites (tertiary alicyclic amines) is 1. The summed E-state index contributed by atoms with van der Waals surface area (Å²) in [4.78, 5) is 4.97. The van der Waals surface area contributed by atoms with Crippen LogP contribution in [0.15, 0.2) is 48.5 Å². The van der Waals surface area contributed by atoms with Gasteiger partial charge < -0.3 is 14.7 Å². The molecule has 2 aromatic rings. The molecular weight excluding hydrogens is 348 g/mol. The molecular formula is C24H30N2O2. The molecule has 2 aromatic carbocycles. The number of aliphatic hydroxyl groups excluding tert-OH is 1. The molecule has 4 heteroatoms. The van der Waals surface area contributed by atoms with Gasteiger partial charge in [-0.25, -0.2) is 0 Å². The molecule has 1 N–H and O–H groups in total. The molecule has 1 unspecified atom stereocenters. The van der Waals surface area contributed by atoms with Gasteiger partial charge in [0.25, 0.3) is 0 Å². The van der Waals surface area contributed by atoms with E-state index in [9.17, 15) is 5.11 Å². The predicted molar refractivity (Wildman–Crippen MR) is 112 cm³/mol. The third-order valence-electron chi connectivity index (χ3n) is 7.05. The zero-order valence-corrected chi connectivity index (χ0v) is 16.5. The van der Waals surface area contributed by atoms with Crippen LogP contribution in [0.5, 0.6) is 0 Å². The molecule has 0 aromatic heterocycles. The standard InChI is InChI=1S/C24H30N2O2/c27-23-17-20-5-1-2-7-22(20)24(23)8-10-25(11-9-24)18-19-4-3-6-21(16-19)26-12-14-28-15-13-26/h1-7,16,23,27H,8-15,17-18H2. The molecule has 2 fully saturated rings. The average molecular weight is 379 g/mol. The third-order valence-corrected chi connectivity index (χ3v) is 7.05. The number of aliphatic hydroxyl groups is 1. The topological polar surface area (TPSA) is 35.9 Å². The summed E-state index contributed by atoms with van der Waals surface area (Å²) in [6, 6.07) is 17.6. The van der Waals surface area contributed by atoms with E-state index < -0.39 is 0 Å². The summed E-state index contributed by atoms with van der Waals surface area (Å²) in [5, 5.41) is 10.8. The number of ether oxygens (including phenoxy) is 1. The molecule has 2 aliphatic heterocycles. The molecule has 148 valence electrons. The van der Waals surface area contributed by atoms with Crippen LogP contribution >= 0.6 is 0 Å². The van der Waals surface area contributed by atoms with Gasteiger partial charge in [-0.05, 0) is 61.2 Å². The molecule has 0 bridgehead atoms. The number of rotatable bonds is 3. The normalized spacial score (nSPS) is 24.5. The van der Waals surface area contributed by atoms with Gasteiger partial charge in [0, 0.05) is 30.7 Å². The summed E-state index contributed by atoms with van der Waals surface area (Å²) >= 11 is 0. The third kappa shape index (κ3) is 3.24. The first-order valence-electron chi connectivity index (χ1n) is 10.7. The second-order valence-electron chi connectivity index (χ2n) is 8.58. The Morgan fingerprint density at radius 3 is 2.57 bits per heavy atom. The maximum absolute atomic E-state index is 10.8. The Labute approximate surface area is 167 Å². The van der Waals surface area contributed by atoms with Gasteiger partial charge in [0.15, 0.2) is 0 Å². The molecule has 5 rings (SSSR count). The Balaban J connectivity index is 1.26. The smallest absolute Gasteiger partial charge is 0.0678 e. The van der Waals surface area contributed by atoms with Crippen LogP contribution in [0.2, 0.25) is 0 Å². The summed E-state index contributed by atoms with van der Waals surface area (Å²) in [5.41, 5.74) is 5.42. The summed E-state index contributed by atoms with van der Waals surface area (Å²) in [6.45, 7) is 6.69. The first kappa shape index (κ1) is 18.2. The van der Waals surface area contributed by atoms with Crippen LogP contribution in [0.3, 0.4) is 0 Å². The minimum absolute atomic E-state index is 0.0251. The van der Waals surface area contributed by atoms with Crippen LogP contribution in [0, 0.1) is 0 Å². The van der Waals surface area contributed by atoms with E-state index in [-0.39, 0.29) is 11.5 Å². The van der Waals surface area contributed by atoms with E-state index in [2.05, 4.69) is 58.3 Å². The van der Waals surface area contributed by atoms with E-state index >= 15 is 0 Å². The molecule has 28 heavy (non-hydrogen) atoms. The molecule has 2 saturated heterocycles. The number of piperidine rings is 1. The van der Waals surface area contributed by atoms with Crippen molar-refractivity contribution < 1.29 is 9.84 Å². The van der Waals surface area contributed by atoms with Crippen molar-refractivity contribution in [2.24, 2.45) is 0 Å². The quantitative estimate of drug-likeness (QED) is 0.891. The first-order valence-corrected chi connectivity index (χ1v) is 10.7. The highest BCUT2D eigenvalue weighted by Crippen LogP contribution is 2.46. The summed E-state index contributed by atoms with van der Waals surface area (Å²) in [5.74, 6) is 0. The van der Waals surface area contributed by atoms with Crippen LogP contribution in [0.4, 0.5) is 5.69 Å². The van der Waals surface area contributed by atoms with Crippen LogP contribution in [0.1, 0.15) is 29.5 Å². The van der Waals surface area contributed by atoms with E-state index in [0.717, 1.165) is 65.2 Å². The summed E-state index contributed by atoms with van der Waals surface area (Å²) in [6.07, 6.45) is 2.69. The molecule has 0 saturated carbocycles. The highest BCUT2D eigenvalue weighted by Gasteiger charge is 2.47. The zero-order valence-electron chi connectivity index (χ0n) is 16.5. The van der Waals surface area contributed by atoms with Crippen LogP contribution in [-0.2, 0) is 23.1 Å². The molecule has 2 heterocycles. The number of hydrogen-bond donors (Lipinski definition) is 1. The lowest BCUT2D eigenvalue weighted by Crippen LogP contribution is -2.47. The van der Waals surface area contributed by atoms with Crippen molar-refractivity contribution in [2.45, 2.75) is 37.3 Å². The van der Waals surface area contributed by atoms with E-state index in [1.165, 1.54) is 22.4 Å². The van der Waals surface area contributed by atoms with Crippen molar-refractivity contribution in [2.75, 3.05) is 44.3 Å². The van der Waals surface area contributed by atoms with Crippen molar-refractivity contribution in [3.63, 3.8) is 0 Å². The van der Waals surface area contributed by atoms with Gasteiger partial charge in [-0.3, -0.25) is 4.90 Å². The van der Waals surface area contributed by atoms with Crippen molar-refractivity contribution in [1.82, 2.24) is 4.90 Å². The molecule has 1 atom stereocenters. The van der Waals surface area contributed by atoms with Gasteiger partial charge in [0.2, 0.25) is 0 Å². The highest BCUT2D eigenvalue weighted by atomic mass is 16.5. The Kier molecular flexibility index (Phi) is 4.87. The van der Waals surface area contributed by atoms with Gasteiger partial charge in [0.1, 0.15) is 0 Å². The second-order valence-corrected chi connectivity index (χ2v) is 8.58. The summed E-state index contributed by atoms with van der Waals surface area (Å²) < 4.78 is 5.48. The molecule has 0 amide bonds. The molecule has 1 aliphatic carbocycles. The minimum Gasteiger partial charge on any atom is -0.392 e. The first-order chi connectivity index (χ1) is 13.7. The lowest BCUT2D eigenvalue weighted by Gasteiger charge is -2.42. The van der Waals surface area contributed by atoms with Crippen LogP contribution in [0.25, 0.3) is 0 Å². The SMILES string of the molecule is OC1Cc2ccccc2C12CCN(Cc1cccc(N3CCOCC3)c1)CC2.